The van der Waals surface area contributed by atoms with Gasteiger partial charge in [0.2, 0.25) is 0 Å². The van der Waals surface area contributed by atoms with E-state index in [1.807, 2.05) is 13.8 Å². The van der Waals surface area contributed by atoms with Crippen molar-refractivity contribution in [1.29, 1.82) is 0 Å². The molecule has 0 N–H and O–H groups in total. The molecule has 0 unspecified atom stereocenters. The van der Waals surface area contributed by atoms with E-state index in [0.717, 1.165) is 22.3 Å². The molecule has 1 heteroatoms. The van der Waals surface area contributed by atoms with E-state index in [2.05, 4.69) is 51.1 Å². The second-order valence-electron chi connectivity index (χ2n) is 5.79. The van der Waals surface area contributed by atoms with Gasteiger partial charge in [0, 0.05) is 12.0 Å². The zero-order chi connectivity index (χ0) is 14.9. The topological polar surface area (TPSA) is 17.1 Å². The standard InChI is InChI=1S/C19H22O/c1-12-8-15(4)19(16(5)9-12)18(20)11-17-7-6-13(2)14(3)10-17/h6-10H,11H2,1-5H3. The first-order valence-corrected chi connectivity index (χ1v) is 7.05. The van der Waals surface area contributed by atoms with E-state index >= 15 is 0 Å². The summed E-state index contributed by atoms with van der Waals surface area (Å²) in [6.07, 6.45) is 0.478. The number of hydrogen-bond donors (Lipinski definition) is 0. The fourth-order valence-corrected chi connectivity index (χ4v) is 2.81. The van der Waals surface area contributed by atoms with Crippen molar-refractivity contribution >= 4 is 5.78 Å². The SMILES string of the molecule is Cc1cc(C)c(C(=O)Cc2ccc(C)c(C)c2)c(C)c1. The fourth-order valence-electron chi connectivity index (χ4n) is 2.81. The highest BCUT2D eigenvalue weighted by atomic mass is 16.1. The lowest BCUT2D eigenvalue weighted by Gasteiger charge is -2.11. The van der Waals surface area contributed by atoms with Crippen molar-refractivity contribution < 1.29 is 4.79 Å². The third-order valence-corrected chi connectivity index (χ3v) is 3.89. The number of rotatable bonds is 3. The fraction of sp³-hybridized carbons (Fsp3) is 0.316. The van der Waals surface area contributed by atoms with Crippen LogP contribution in [0.5, 0.6) is 0 Å². The summed E-state index contributed by atoms with van der Waals surface area (Å²) < 4.78 is 0. The van der Waals surface area contributed by atoms with Crippen molar-refractivity contribution in [3.8, 4) is 0 Å². The molecule has 0 radical (unpaired) electrons. The van der Waals surface area contributed by atoms with Gasteiger partial charge in [-0.15, -0.1) is 0 Å². The van der Waals surface area contributed by atoms with Crippen LogP contribution in [0.1, 0.15) is 43.7 Å². The number of carbonyl (C=O) groups excluding carboxylic acids is 1. The van der Waals surface area contributed by atoms with Gasteiger partial charge in [0.05, 0.1) is 0 Å². The first kappa shape index (κ1) is 14.5. The summed E-state index contributed by atoms with van der Waals surface area (Å²) in [4.78, 5) is 12.6. The normalized spacial score (nSPS) is 10.7. The van der Waals surface area contributed by atoms with E-state index in [1.54, 1.807) is 0 Å². The molecule has 0 spiro atoms. The van der Waals surface area contributed by atoms with Gasteiger partial charge >= 0.3 is 0 Å². The molecular weight excluding hydrogens is 244 g/mol. The Morgan fingerprint density at radius 3 is 1.95 bits per heavy atom. The summed E-state index contributed by atoms with van der Waals surface area (Å²) in [5, 5.41) is 0. The summed E-state index contributed by atoms with van der Waals surface area (Å²) in [6.45, 7) is 10.3. The minimum absolute atomic E-state index is 0.211. The quantitative estimate of drug-likeness (QED) is 0.739. The van der Waals surface area contributed by atoms with Crippen LogP contribution in [-0.4, -0.2) is 5.78 Å². The monoisotopic (exact) mass is 266 g/mol. The van der Waals surface area contributed by atoms with Crippen LogP contribution in [0, 0.1) is 34.6 Å². The third-order valence-electron chi connectivity index (χ3n) is 3.89. The smallest absolute Gasteiger partial charge is 0.167 e. The number of aryl methyl sites for hydroxylation is 5. The molecule has 0 fully saturated rings. The molecule has 1 nitrogen and oxygen atoms in total. The maximum Gasteiger partial charge on any atom is 0.167 e. The Kier molecular flexibility index (Phi) is 4.08. The Morgan fingerprint density at radius 2 is 1.40 bits per heavy atom. The van der Waals surface area contributed by atoms with Gasteiger partial charge in [-0.1, -0.05) is 35.9 Å². The van der Waals surface area contributed by atoms with Crippen molar-refractivity contribution in [3.63, 3.8) is 0 Å². The van der Waals surface area contributed by atoms with Crippen molar-refractivity contribution in [1.82, 2.24) is 0 Å². The predicted molar refractivity (Wildman–Crippen MR) is 84.6 cm³/mol. The van der Waals surface area contributed by atoms with Gasteiger partial charge in [-0.2, -0.15) is 0 Å². The lowest BCUT2D eigenvalue weighted by Crippen LogP contribution is -2.08. The molecule has 0 aliphatic rings. The first-order chi connectivity index (χ1) is 9.38. The highest BCUT2D eigenvalue weighted by Gasteiger charge is 2.13. The number of carbonyl (C=O) groups is 1. The molecule has 0 bridgehead atoms. The predicted octanol–water partition coefficient (Wildman–Crippen LogP) is 4.65. The number of hydrogen-bond acceptors (Lipinski definition) is 1. The molecular formula is C19H22O. The van der Waals surface area contributed by atoms with E-state index in [-0.39, 0.29) is 5.78 Å². The van der Waals surface area contributed by atoms with E-state index in [0.29, 0.717) is 6.42 Å². The van der Waals surface area contributed by atoms with Crippen LogP contribution >= 0.6 is 0 Å². The van der Waals surface area contributed by atoms with Crippen LogP contribution < -0.4 is 0 Å². The molecule has 0 aliphatic heterocycles. The maximum absolute atomic E-state index is 12.6. The highest BCUT2D eigenvalue weighted by molar-refractivity contribution is 6.00. The van der Waals surface area contributed by atoms with Crippen molar-refractivity contribution in [2.45, 2.75) is 41.0 Å². The molecule has 0 amide bonds. The molecule has 0 aromatic heterocycles. The van der Waals surface area contributed by atoms with Gasteiger partial charge in [0.15, 0.2) is 5.78 Å². The summed E-state index contributed by atoms with van der Waals surface area (Å²) in [7, 11) is 0. The Labute approximate surface area is 121 Å². The molecule has 2 aromatic carbocycles. The van der Waals surface area contributed by atoms with E-state index in [9.17, 15) is 4.79 Å². The molecule has 0 atom stereocenters. The maximum atomic E-state index is 12.6. The molecule has 2 rings (SSSR count). The molecule has 0 aliphatic carbocycles. The average molecular weight is 266 g/mol. The van der Waals surface area contributed by atoms with Crippen LogP contribution in [0.15, 0.2) is 30.3 Å². The van der Waals surface area contributed by atoms with Crippen LogP contribution in [0.25, 0.3) is 0 Å². The van der Waals surface area contributed by atoms with Gasteiger partial charge in [-0.3, -0.25) is 4.79 Å². The summed E-state index contributed by atoms with van der Waals surface area (Å²) >= 11 is 0. The van der Waals surface area contributed by atoms with Gasteiger partial charge < -0.3 is 0 Å². The molecule has 0 saturated heterocycles. The van der Waals surface area contributed by atoms with E-state index in [4.69, 9.17) is 0 Å². The molecule has 20 heavy (non-hydrogen) atoms. The van der Waals surface area contributed by atoms with Gasteiger partial charge in [-0.25, -0.2) is 0 Å². The third kappa shape index (κ3) is 2.98. The second-order valence-corrected chi connectivity index (χ2v) is 5.79. The van der Waals surface area contributed by atoms with Crippen LogP contribution in [-0.2, 0) is 6.42 Å². The molecule has 104 valence electrons. The summed E-state index contributed by atoms with van der Waals surface area (Å²) in [6, 6.07) is 10.4. The lowest BCUT2D eigenvalue weighted by molar-refractivity contribution is 0.0992. The van der Waals surface area contributed by atoms with Crippen molar-refractivity contribution in [3.05, 3.63) is 69.3 Å². The van der Waals surface area contributed by atoms with Crippen LogP contribution in [0.3, 0.4) is 0 Å². The number of Topliss-reactive ketones (excluding diaryl/α,β-unsaturated/α-hetero) is 1. The van der Waals surface area contributed by atoms with Crippen molar-refractivity contribution in [2.75, 3.05) is 0 Å². The minimum atomic E-state index is 0.211. The molecule has 0 heterocycles. The van der Waals surface area contributed by atoms with Crippen molar-refractivity contribution in [2.24, 2.45) is 0 Å². The van der Waals surface area contributed by atoms with Crippen LogP contribution in [0.2, 0.25) is 0 Å². The summed E-state index contributed by atoms with van der Waals surface area (Å²) in [5.74, 6) is 0.211. The van der Waals surface area contributed by atoms with E-state index < -0.39 is 0 Å². The largest absolute Gasteiger partial charge is 0.294 e. The number of benzene rings is 2. The molecule has 2 aromatic rings. The highest BCUT2D eigenvalue weighted by Crippen LogP contribution is 2.19. The van der Waals surface area contributed by atoms with Gasteiger partial charge in [-0.05, 0) is 62.4 Å². The van der Waals surface area contributed by atoms with E-state index in [1.165, 1.54) is 16.7 Å². The minimum Gasteiger partial charge on any atom is -0.294 e. The Hall–Kier alpha value is -1.89. The Morgan fingerprint density at radius 1 is 0.800 bits per heavy atom. The Bertz CT molecular complexity index is 642. The van der Waals surface area contributed by atoms with Gasteiger partial charge in [0.1, 0.15) is 0 Å². The second kappa shape index (κ2) is 5.62. The number of ketones is 1. The average Bonchev–Trinajstić information content (AvgIpc) is 2.32. The van der Waals surface area contributed by atoms with Crippen LogP contribution in [0.4, 0.5) is 0 Å². The first-order valence-electron chi connectivity index (χ1n) is 7.05. The summed E-state index contributed by atoms with van der Waals surface area (Å²) in [5.41, 5.74) is 7.86. The zero-order valence-corrected chi connectivity index (χ0v) is 13.0. The van der Waals surface area contributed by atoms with Gasteiger partial charge in [0.25, 0.3) is 0 Å². The lowest BCUT2D eigenvalue weighted by atomic mass is 9.93. The molecule has 0 saturated carbocycles. The Balaban J connectivity index is 2.31. The zero-order valence-electron chi connectivity index (χ0n) is 13.0.